The standard InChI is InChI=1S/C13H19F2N3O/c1-3-6-18(8-12(19)17-2)11-5-4-9(16)7-10(11)13(14)15/h4-5,7,13H,3,6,8,16H2,1-2H3,(H,17,19). The van der Waals surface area contributed by atoms with Crippen LogP contribution in [0.4, 0.5) is 20.2 Å². The Morgan fingerprint density at radius 3 is 2.68 bits per heavy atom. The van der Waals surface area contributed by atoms with Gasteiger partial charge in [0.15, 0.2) is 0 Å². The van der Waals surface area contributed by atoms with E-state index >= 15 is 0 Å². The van der Waals surface area contributed by atoms with Gasteiger partial charge in [-0.2, -0.15) is 0 Å². The van der Waals surface area contributed by atoms with Crippen molar-refractivity contribution in [3.8, 4) is 0 Å². The monoisotopic (exact) mass is 271 g/mol. The van der Waals surface area contributed by atoms with E-state index in [1.54, 1.807) is 11.0 Å². The Kier molecular flexibility index (Phi) is 5.54. The zero-order valence-electron chi connectivity index (χ0n) is 11.1. The first-order chi connectivity index (χ1) is 8.99. The molecule has 0 saturated heterocycles. The summed E-state index contributed by atoms with van der Waals surface area (Å²) in [4.78, 5) is 13.1. The number of nitrogens with two attached hydrogens (primary N) is 1. The van der Waals surface area contributed by atoms with Gasteiger partial charge in [0.2, 0.25) is 5.91 Å². The molecule has 0 unspecified atom stereocenters. The predicted octanol–water partition coefficient (Wildman–Crippen LogP) is 2.17. The topological polar surface area (TPSA) is 58.4 Å². The van der Waals surface area contributed by atoms with Crippen LogP contribution in [0.15, 0.2) is 18.2 Å². The molecule has 4 nitrogen and oxygen atoms in total. The highest BCUT2D eigenvalue weighted by molar-refractivity contribution is 5.81. The molecule has 0 fully saturated rings. The van der Waals surface area contributed by atoms with Crippen molar-refractivity contribution in [2.75, 3.05) is 30.8 Å². The minimum Gasteiger partial charge on any atom is -0.399 e. The number of halogens is 2. The third-order valence-corrected chi connectivity index (χ3v) is 2.73. The Bertz CT molecular complexity index is 438. The summed E-state index contributed by atoms with van der Waals surface area (Å²) in [5, 5.41) is 2.49. The molecule has 1 amide bonds. The smallest absolute Gasteiger partial charge is 0.265 e. The van der Waals surface area contributed by atoms with Crippen LogP contribution in [0, 0.1) is 0 Å². The van der Waals surface area contributed by atoms with Gasteiger partial charge >= 0.3 is 0 Å². The molecule has 1 aromatic carbocycles. The minimum atomic E-state index is -2.62. The molecule has 0 aliphatic heterocycles. The normalized spacial score (nSPS) is 10.6. The number of rotatable bonds is 6. The summed E-state index contributed by atoms with van der Waals surface area (Å²) in [7, 11) is 1.52. The average Bonchev–Trinajstić information content (AvgIpc) is 2.38. The van der Waals surface area contributed by atoms with Crippen molar-refractivity contribution in [1.82, 2.24) is 5.32 Å². The number of hydrogen-bond donors (Lipinski definition) is 2. The second kappa shape index (κ2) is 6.92. The number of likely N-dealkylation sites (N-methyl/N-ethyl adjacent to an activating group) is 1. The Hall–Kier alpha value is -1.85. The lowest BCUT2D eigenvalue weighted by atomic mass is 10.1. The maximum Gasteiger partial charge on any atom is 0.265 e. The second-order valence-electron chi connectivity index (χ2n) is 4.21. The largest absolute Gasteiger partial charge is 0.399 e. The van der Waals surface area contributed by atoms with Crippen LogP contribution in [0.1, 0.15) is 25.3 Å². The van der Waals surface area contributed by atoms with E-state index in [-0.39, 0.29) is 23.7 Å². The van der Waals surface area contributed by atoms with Gasteiger partial charge in [-0.1, -0.05) is 6.92 Å². The zero-order chi connectivity index (χ0) is 14.4. The van der Waals surface area contributed by atoms with Crippen molar-refractivity contribution in [3.63, 3.8) is 0 Å². The average molecular weight is 271 g/mol. The Balaban J connectivity index is 3.10. The summed E-state index contributed by atoms with van der Waals surface area (Å²) >= 11 is 0. The van der Waals surface area contributed by atoms with Crippen LogP contribution in [0.5, 0.6) is 0 Å². The molecule has 0 saturated carbocycles. The maximum atomic E-state index is 13.0. The van der Waals surface area contributed by atoms with Crippen molar-refractivity contribution in [2.24, 2.45) is 0 Å². The van der Waals surface area contributed by atoms with Gasteiger partial charge in [0.05, 0.1) is 6.54 Å². The molecule has 0 atom stereocenters. The highest BCUT2D eigenvalue weighted by atomic mass is 19.3. The van der Waals surface area contributed by atoms with Gasteiger partial charge in [0.1, 0.15) is 0 Å². The van der Waals surface area contributed by atoms with Crippen LogP contribution in [0.2, 0.25) is 0 Å². The number of benzene rings is 1. The van der Waals surface area contributed by atoms with Gasteiger partial charge < -0.3 is 16.0 Å². The molecule has 106 valence electrons. The van der Waals surface area contributed by atoms with Crippen molar-refractivity contribution < 1.29 is 13.6 Å². The molecule has 19 heavy (non-hydrogen) atoms. The molecule has 6 heteroatoms. The number of hydrogen-bond acceptors (Lipinski definition) is 3. The van der Waals surface area contributed by atoms with E-state index in [0.717, 1.165) is 6.42 Å². The third kappa shape index (κ3) is 4.08. The number of nitrogen functional groups attached to an aromatic ring is 1. The number of nitrogens with one attached hydrogen (secondary N) is 1. The Labute approximate surface area is 111 Å². The van der Waals surface area contributed by atoms with Crippen molar-refractivity contribution >= 4 is 17.3 Å². The molecule has 1 rings (SSSR count). The van der Waals surface area contributed by atoms with Crippen LogP contribution in [-0.4, -0.2) is 26.0 Å². The molecule has 0 aliphatic rings. The highest BCUT2D eigenvalue weighted by Crippen LogP contribution is 2.31. The third-order valence-electron chi connectivity index (χ3n) is 2.73. The zero-order valence-corrected chi connectivity index (χ0v) is 11.1. The molecule has 0 radical (unpaired) electrons. The first-order valence-electron chi connectivity index (χ1n) is 6.12. The summed E-state index contributed by atoms with van der Waals surface area (Å²) < 4.78 is 26.1. The molecule has 0 aromatic heterocycles. The molecular formula is C13H19F2N3O. The predicted molar refractivity (Wildman–Crippen MR) is 72.4 cm³/mol. The molecule has 0 bridgehead atoms. The van der Waals surface area contributed by atoms with Crippen molar-refractivity contribution in [1.29, 1.82) is 0 Å². The summed E-state index contributed by atoms with van der Waals surface area (Å²) in [6.45, 7) is 2.50. The summed E-state index contributed by atoms with van der Waals surface area (Å²) in [6, 6.07) is 4.36. The minimum absolute atomic E-state index is 0.0496. The number of anilines is 2. The maximum absolute atomic E-state index is 13.0. The molecule has 0 aliphatic carbocycles. The lowest BCUT2D eigenvalue weighted by molar-refractivity contribution is -0.119. The SMILES string of the molecule is CCCN(CC(=O)NC)c1ccc(N)cc1C(F)F. The lowest BCUT2D eigenvalue weighted by Crippen LogP contribution is -2.36. The van der Waals surface area contributed by atoms with E-state index in [2.05, 4.69) is 5.32 Å². The number of amides is 1. The van der Waals surface area contributed by atoms with Crippen LogP contribution >= 0.6 is 0 Å². The first-order valence-corrected chi connectivity index (χ1v) is 6.12. The van der Waals surface area contributed by atoms with Gasteiger partial charge in [0, 0.05) is 30.5 Å². The molecular weight excluding hydrogens is 252 g/mol. The second-order valence-corrected chi connectivity index (χ2v) is 4.21. The van der Waals surface area contributed by atoms with Crippen LogP contribution in [0.3, 0.4) is 0 Å². The summed E-state index contributed by atoms with van der Waals surface area (Å²) in [6.07, 6.45) is -1.87. The highest BCUT2D eigenvalue weighted by Gasteiger charge is 2.19. The van der Waals surface area contributed by atoms with E-state index in [4.69, 9.17) is 5.73 Å². The Morgan fingerprint density at radius 2 is 2.16 bits per heavy atom. The van der Waals surface area contributed by atoms with E-state index < -0.39 is 6.43 Å². The fraction of sp³-hybridized carbons (Fsp3) is 0.462. The summed E-state index contributed by atoms with van der Waals surface area (Å²) in [5.41, 5.74) is 6.04. The van der Waals surface area contributed by atoms with Crippen LogP contribution in [-0.2, 0) is 4.79 Å². The molecule has 3 N–H and O–H groups in total. The van der Waals surface area contributed by atoms with E-state index in [0.29, 0.717) is 12.2 Å². The van der Waals surface area contributed by atoms with Gasteiger partial charge in [-0.15, -0.1) is 0 Å². The number of alkyl halides is 2. The summed E-state index contributed by atoms with van der Waals surface area (Å²) in [5.74, 6) is -0.217. The van der Waals surface area contributed by atoms with E-state index in [1.165, 1.54) is 19.2 Å². The van der Waals surface area contributed by atoms with Gasteiger partial charge in [0.25, 0.3) is 6.43 Å². The number of nitrogens with zero attached hydrogens (tertiary/aromatic N) is 1. The van der Waals surface area contributed by atoms with Gasteiger partial charge in [-0.05, 0) is 24.6 Å². The molecule has 1 aromatic rings. The molecule has 0 spiro atoms. The van der Waals surface area contributed by atoms with Crippen LogP contribution in [0.25, 0.3) is 0 Å². The number of carbonyl (C=O) groups excluding carboxylic acids is 1. The fourth-order valence-corrected chi connectivity index (χ4v) is 1.84. The quantitative estimate of drug-likeness (QED) is 0.780. The van der Waals surface area contributed by atoms with E-state index in [1.807, 2.05) is 6.92 Å². The van der Waals surface area contributed by atoms with Crippen molar-refractivity contribution in [2.45, 2.75) is 19.8 Å². The van der Waals surface area contributed by atoms with Crippen LogP contribution < -0.4 is 16.0 Å². The fourth-order valence-electron chi connectivity index (χ4n) is 1.84. The lowest BCUT2D eigenvalue weighted by Gasteiger charge is -2.26. The van der Waals surface area contributed by atoms with Gasteiger partial charge in [-0.25, -0.2) is 8.78 Å². The van der Waals surface area contributed by atoms with Crippen molar-refractivity contribution in [3.05, 3.63) is 23.8 Å². The van der Waals surface area contributed by atoms with Gasteiger partial charge in [-0.3, -0.25) is 4.79 Å². The number of carbonyl (C=O) groups is 1. The van der Waals surface area contributed by atoms with E-state index in [9.17, 15) is 13.6 Å². The molecule has 0 heterocycles. The first kappa shape index (κ1) is 15.2. The Morgan fingerprint density at radius 1 is 1.47 bits per heavy atom.